The van der Waals surface area contributed by atoms with Crippen LogP contribution in [0.3, 0.4) is 0 Å². The smallest absolute Gasteiger partial charge is 0.251 e. The summed E-state index contributed by atoms with van der Waals surface area (Å²) in [5, 5.41) is 21.3. The molecule has 1 aliphatic carbocycles. The summed E-state index contributed by atoms with van der Waals surface area (Å²) in [6, 6.07) is 15.0. The average molecular weight is 706 g/mol. The van der Waals surface area contributed by atoms with Crippen LogP contribution in [-0.4, -0.2) is 64.0 Å². The van der Waals surface area contributed by atoms with Crippen LogP contribution in [-0.2, 0) is 16.8 Å². The highest BCUT2D eigenvalue weighted by atomic mass is 35.5. The minimum absolute atomic E-state index is 0.0260. The number of benzene rings is 2. The van der Waals surface area contributed by atoms with Gasteiger partial charge in [-0.25, -0.2) is 9.97 Å². The Hall–Kier alpha value is -4.91. The molecule has 14 heteroatoms. The number of halogens is 2. The van der Waals surface area contributed by atoms with Crippen molar-refractivity contribution in [3.8, 4) is 28.6 Å². The number of aliphatic hydroxyl groups is 1. The molecule has 0 spiro atoms. The maximum atomic E-state index is 13.8. The first-order valence-corrected chi connectivity index (χ1v) is 16.3. The van der Waals surface area contributed by atoms with E-state index in [1.807, 2.05) is 10.9 Å². The van der Waals surface area contributed by atoms with Crippen LogP contribution < -0.4 is 25.3 Å². The molecule has 12 nitrogen and oxygen atoms in total. The maximum Gasteiger partial charge on any atom is 0.251 e. The second-order valence-corrected chi connectivity index (χ2v) is 12.4. The van der Waals surface area contributed by atoms with Crippen LogP contribution >= 0.6 is 23.2 Å². The summed E-state index contributed by atoms with van der Waals surface area (Å²) in [7, 11) is 2.96. The predicted molar refractivity (Wildman–Crippen MR) is 184 cm³/mol. The maximum absolute atomic E-state index is 13.8. The van der Waals surface area contributed by atoms with Crippen molar-refractivity contribution in [1.29, 1.82) is 0 Å². The van der Waals surface area contributed by atoms with Crippen LogP contribution in [0.25, 0.3) is 22.2 Å². The molecule has 1 fully saturated rings. The quantitative estimate of drug-likeness (QED) is 0.149. The fourth-order valence-corrected chi connectivity index (χ4v) is 6.00. The Kier molecular flexibility index (Phi) is 9.64. The first-order valence-electron chi connectivity index (χ1n) is 15.5. The number of rotatable bonds is 13. The molecule has 0 bridgehead atoms. The zero-order valence-corrected chi connectivity index (χ0v) is 28.5. The molecule has 6 rings (SSSR count). The van der Waals surface area contributed by atoms with Crippen molar-refractivity contribution < 1.29 is 28.9 Å². The number of pyridine rings is 2. The standard InChI is InChI=1S/C35H34Cl2N6O6/c1-4-49-33-19(16-28(38)44)15-27(41-32(33)23-7-5-8-24(36)30(23)37)35(46,26-9-6-10-29(40-26)48-3)18-39-34(45)20-13-21-17-43(22-11-12-22)42-31(21)25(14-20)47-2/h5-10,13-15,17,22,46H,4,11-12,16,18H2,1-3H3,(H2,38,44)(H,39,45)/t35-/m1/s1. The lowest BCUT2D eigenvalue weighted by molar-refractivity contribution is -0.117. The Morgan fingerprint density at radius 2 is 1.84 bits per heavy atom. The van der Waals surface area contributed by atoms with E-state index in [4.69, 9.17) is 48.1 Å². The van der Waals surface area contributed by atoms with Crippen LogP contribution in [0.4, 0.5) is 0 Å². The van der Waals surface area contributed by atoms with Gasteiger partial charge in [-0.05, 0) is 50.1 Å². The number of nitrogens with two attached hydrogens (primary N) is 1. The molecule has 1 aliphatic rings. The van der Waals surface area contributed by atoms with Crippen LogP contribution in [0.2, 0.25) is 10.0 Å². The molecule has 5 aromatic rings. The number of ether oxygens (including phenoxy) is 3. The van der Waals surface area contributed by atoms with Gasteiger partial charge in [0.05, 0.1) is 61.3 Å². The number of primary amides is 1. The fraction of sp³-hybridized carbons (Fsp3) is 0.286. The van der Waals surface area contributed by atoms with Gasteiger partial charge >= 0.3 is 0 Å². The highest BCUT2D eigenvalue weighted by Crippen LogP contribution is 2.42. The van der Waals surface area contributed by atoms with Gasteiger partial charge in [0.2, 0.25) is 11.8 Å². The van der Waals surface area contributed by atoms with Gasteiger partial charge in [-0.1, -0.05) is 41.4 Å². The number of fused-ring (bicyclic) bond motifs is 1. The number of amides is 2. The van der Waals surface area contributed by atoms with Gasteiger partial charge in [-0.15, -0.1) is 0 Å². The summed E-state index contributed by atoms with van der Waals surface area (Å²) >= 11 is 13.0. The minimum Gasteiger partial charge on any atom is -0.494 e. The summed E-state index contributed by atoms with van der Waals surface area (Å²) in [6.45, 7) is 1.61. The third-order valence-corrected chi connectivity index (χ3v) is 9.01. The molecule has 4 N–H and O–H groups in total. The molecule has 0 unspecified atom stereocenters. The molecule has 2 amide bonds. The second-order valence-electron chi connectivity index (χ2n) is 11.6. The van der Waals surface area contributed by atoms with Crippen molar-refractivity contribution in [3.63, 3.8) is 0 Å². The number of nitrogens with zero attached hydrogens (tertiary/aromatic N) is 4. The highest BCUT2D eigenvalue weighted by molar-refractivity contribution is 6.43. The first-order chi connectivity index (χ1) is 23.6. The van der Waals surface area contributed by atoms with Crippen LogP contribution in [0.5, 0.6) is 17.4 Å². The van der Waals surface area contributed by atoms with Gasteiger partial charge in [0, 0.05) is 34.3 Å². The van der Waals surface area contributed by atoms with Crippen molar-refractivity contribution in [2.75, 3.05) is 27.4 Å². The molecule has 3 heterocycles. The van der Waals surface area contributed by atoms with Gasteiger partial charge in [0.15, 0.2) is 5.60 Å². The second kappa shape index (κ2) is 13.9. The van der Waals surface area contributed by atoms with E-state index in [2.05, 4.69) is 15.4 Å². The minimum atomic E-state index is -2.08. The SMILES string of the molecule is CCOc1c(CC(N)=O)cc([C@@](O)(CNC(=O)c2cc(OC)c3nn(C4CC4)cc3c2)c2cccc(OC)n2)nc1-c1cccc(Cl)c1Cl. The van der Waals surface area contributed by atoms with Crippen molar-refractivity contribution in [2.45, 2.75) is 37.8 Å². The summed E-state index contributed by atoms with van der Waals surface area (Å²) in [4.78, 5) is 35.4. The Bertz CT molecular complexity index is 2070. The normalized spacial score (nSPS) is 13.9. The number of aromatic nitrogens is 4. The van der Waals surface area contributed by atoms with E-state index in [9.17, 15) is 14.7 Å². The number of methoxy groups -OCH3 is 2. The molecule has 0 aliphatic heterocycles. The molecule has 0 radical (unpaired) electrons. The Labute approximate surface area is 292 Å². The lowest BCUT2D eigenvalue weighted by atomic mass is 9.91. The average Bonchev–Trinajstić information content (AvgIpc) is 3.86. The summed E-state index contributed by atoms with van der Waals surface area (Å²) < 4.78 is 18.8. The lowest BCUT2D eigenvalue weighted by Gasteiger charge is -2.29. The topological polar surface area (TPSA) is 164 Å². The van der Waals surface area contributed by atoms with Gasteiger partial charge in [0.25, 0.3) is 5.91 Å². The number of nitrogens with one attached hydrogen (secondary N) is 1. The molecular weight excluding hydrogens is 671 g/mol. The third-order valence-electron chi connectivity index (χ3n) is 8.19. The molecule has 49 heavy (non-hydrogen) atoms. The Balaban J connectivity index is 1.47. The van der Waals surface area contributed by atoms with E-state index in [0.29, 0.717) is 34.0 Å². The monoisotopic (exact) mass is 704 g/mol. The van der Waals surface area contributed by atoms with Crippen LogP contribution in [0.1, 0.15) is 53.1 Å². The predicted octanol–water partition coefficient (Wildman–Crippen LogP) is 5.24. The van der Waals surface area contributed by atoms with E-state index < -0.39 is 24.0 Å². The fourth-order valence-electron chi connectivity index (χ4n) is 5.61. The molecule has 0 saturated heterocycles. The van der Waals surface area contributed by atoms with Crippen molar-refractivity contribution in [2.24, 2.45) is 5.73 Å². The molecule has 2 aromatic carbocycles. The van der Waals surface area contributed by atoms with Crippen LogP contribution in [0, 0.1) is 0 Å². The van der Waals surface area contributed by atoms with E-state index in [0.717, 1.165) is 18.2 Å². The van der Waals surface area contributed by atoms with Crippen LogP contribution in [0.15, 0.2) is 60.8 Å². The molecule has 254 valence electrons. The zero-order valence-electron chi connectivity index (χ0n) is 27.0. The summed E-state index contributed by atoms with van der Waals surface area (Å²) in [5.74, 6) is -0.244. The Morgan fingerprint density at radius 3 is 2.53 bits per heavy atom. The first kappa shape index (κ1) is 34.0. The highest BCUT2D eigenvalue weighted by Gasteiger charge is 2.38. The van der Waals surface area contributed by atoms with Gasteiger partial charge in [0.1, 0.15) is 22.7 Å². The number of carbonyl (C=O) groups is 2. The van der Waals surface area contributed by atoms with Crippen molar-refractivity contribution in [1.82, 2.24) is 25.1 Å². The Morgan fingerprint density at radius 1 is 1.06 bits per heavy atom. The zero-order chi connectivity index (χ0) is 34.9. The lowest BCUT2D eigenvalue weighted by Crippen LogP contribution is -2.43. The van der Waals surface area contributed by atoms with Gasteiger partial charge in [-0.3, -0.25) is 14.3 Å². The third kappa shape index (κ3) is 6.85. The molecular formula is C35H34Cl2N6O6. The van der Waals surface area contributed by atoms with E-state index >= 15 is 0 Å². The summed E-state index contributed by atoms with van der Waals surface area (Å²) in [5.41, 5.74) is 5.59. The number of carbonyl (C=O) groups excluding carboxylic acids is 2. The van der Waals surface area contributed by atoms with Crippen molar-refractivity contribution in [3.05, 3.63) is 93.4 Å². The number of hydrogen-bond donors (Lipinski definition) is 3. The summed E-state index contributed by atoms with van der Waals surface area (Å²) in [6.07, 6.45) is 3.74. The number of hydrogen-bond acceptors (Lipinski definition) is 9. The molecule has 1 atom stereocenters. The largest absolute Gasteiger partial charge is 0.494 e. The molecule has 1 saturated carbocycles. The molecule has 3 aromatic heterocycles. The van der Waals surface area contributed by atoms with E-state index in [-0.39, 0.29) is 51.8 Å². The van der Waals surface area contributed by atoms with E-state index in [1.54, 1.807) is 55.5 Å². The van der Waals surface area contributed by atoms with Gasteiger partial charge in [-0.2, -0.15) is 5.10 Å². The van der Waals surface area contributed by atoms with E-state index in [1.165, 1.54) is 20.3 Å². The van der Waals surface area contributed by atoms with Crippen molar-refractivity contribution >= 4 is 45.9 Å². The van der Waals surface area contributed by atoms with Gasteiger partial charge < -0.3 is 30.4 Å².